The fraction of sp³-hybridized carbons (Fsp3) is 0.391. The van der Waals surface area contributed by atoms with Crippen molar-refractivity contribution in [1.82, 2.24) is 10.6 Å². The molecule has 0 saturated carbocycles. The zero-order chi connectivity index (χ0) is 22.6. The second-order valence-electron chi connectivity index (χ2n) is 8.07. The quantitative estimate of drug-likeness (QED) is 0.631. The summed E-state index contributed by atoms with van der Waals surface area (Å²) < 4.78 is 52.3. The van der Waals surface area contributed by atoms with Crippen LogP contribution in [0.25, 0.3) is 0 Å². The molecule has 0 unspecified atom stereocenters. The van der Waals surface area contributed by atoms with Gasteiger partial charge in [-0.05, 0) is 49.9 Å². The second kappa shape index (κ2) is 9.08. The molecule has 1 heterocycles. The fourth-order valence-electron chi connectivity index (χ4n) is 3.80. The highest BCUT2D eigenvalue weighted by atomic mass is 19.4. The lowest BCUT2D eigenvalue weighted by atomic mass is 9.84. The number of hydrogen-bond acceptors (Lipinski definition) is 2. The van der Waals surface area contributed by atoms with Gasteiger partial charge in [0.05, 0.1) is 5.56 Å². The maximum absolute atomic E-state index is 13.8. The Kier molecular flexibility index (Phi) is 6.67. The van der Waals surface area contributed by atoms with Gasteiger partial charge in [0.1, 0.15) is 5.82 Å². The highest BCUT2D eigenvalue weighted by molar-refractivity contribution is 5.80. The molecule has 2 aromatic rings. The third-order valence-corrected chi connectivity index (χ3v) is 5.58. The summed E-state index contributed by atoms with van der Waals surface area (Å²) in [6.45, 7) is 1.64. The van der Waals surface area contributed by atoms with E-state index in [4.69, 9.17) is 0 Å². The van der Waals surface area contributed by atoms with Crippen molar-refractivity contribution >= 4 is 11.8 Å². The molecule has 0 spiro atoms. The highest BCUT2D eigenvalue weighted by Crippen LogP contribution is 2.31. The number of benzene rings is 2. The lowest BCUT2D eigenvalue weighted by Gasteiger charge is -2.29. The van der Waals surface area contributed by atoms with Gasteiger partial charge in [0, 0.05) is 30.5 Å². The van der Waals surface area contributed by atoms with E-state index in [1.807, 2.05) is 31.2 Å². The van der Waals surface area contributed by atoms with E-state index in [0.29, 0.717) is 37.8 Å². The first-order chi connectivity index (χ1) is 14.6. The summed E-state index contributed by atoms with van der Waals surface area (Å²) in [5.74, 6) is -1.30. The van der Waals surface area contributed by atoms with Gasteiger partial charge in [0.2, 0.25) is 11.8 Å². The summed E-state index contributed by atoms with van der Waals surface area (Å²) in [7, 11) is 0. The molecule has 8 heteroatoms. The largest absolute Gasteiger partial charge is 0.416 e. The standard InChI is InChI=1S/C23H24F4N2O2/c1-15-2-4-16(5-3-15)13-22(11-9-21(31)29-22)10-8-20(30)28-14-17-12-18(23(25,26)27)6-7-19(17)24/h2-7,12H,8-11,13-14H2,1H3,(H,28,30)(H,29,31)/t22-/m0/s1. The van der Waals surface area contributed by atoms with Crippen LogP contribution in [0.4, 0.5) is 17.6 Å². The average Bonchev–Trinajstić information content (AvgIpc) is 3.07. The molecule has 1 saturated heterocycles. The van der Waals surface area contributed by atoms with Crippen molar-refractivity contribution in [3.63, 3.8) is 0 Å². The number of aryl methyl sites for hydroxylation is 1. The van der Waals surface area contributed by atoms with Crippen LogP contribution in [0.2, 0.25) is 0 Å². The van der Waals surface area contributed by atoms with Crippen molar-refractivity contribution in [2.24, 2.45) is 0 Å². The highest BCUT2D eigenvalue weighted by Gasteiger charge is 2.38. The number of alkyl halides is 3. The molecule has 1 atom stereocenters. The average molecular weight is 436 g/mol. The Morgan fingerprint density at radius 1 is 1.16 bits per heavy atom. The van der Waals surface area contributed by atoms with E-state index in [1.165, 1.54) is 0 Å². The monoisotopic (exact) mass is 436 g/mol. The van der Waals surface area contributed by atoms with E-state index >= 15 is 0 Å². The summed E-state index contributed by atoms with van der Waals surface area (Å²) >= 11 is 0. The second-order valence-corrected chi connectivity index (χ2v) is 8.07. The molecule has 4 nitrogen and oxygen atoms in total. The number of carbonyl (C=O) groups is 2. The van der Waals surface area contributed by atoms with Crippen molar-refractivity contribution in [1.29, 1.82) is 0 Å². The Labute approximate surface area is 178 Å². The van der Waals surface area contributed by atoms with Gasteiger partial charge in [-0.25, -0.2) is 4.39 Å². The number of hydrogen-bond donors (Lipinski definition) is 2. The smallest absolute Gasteiger partial charge is 0.352 e. The Morgan fingerprint density at radius 3 is 2.48 bits per heavy atom. The molecule has 2 amide bonds. The molecular weight excluding hydrogens is 412 g/mol. The first-order valence-corrected chi connectivity index (χ1v) is 10.1. The minimum absolute atomic E-state index is 0.0622. The molecule has 2 N–H and O–H groups in total. The van der Waals surface area contributed by atoms with Crippen LogP contribution >= 0.6 is 0 Å². The predicted octanol–water partition coefficient (Wildman–Crippen LogP) is 4.44. The van der Waals surface area contributed by atoms with E-state index < -0.39 is 29.0 Å². The zero-order valence-electron chi connectivity index (χ0n) is 17.1. The van der Waals surface area contributed by atoms with Gasteiger partial charge in [0.15, 0.2) is 0 Å². The molecule has 1 aliphatic rings. The van der Waals surface area contributed by atoms with Crippen molar-refractivity contribution in [3.05, 3.63) is 70.5 Å². The van der Waals surface area contributed by atoms with Crippen LogP contribution in [-0.2, 0) is 28.7 Å². The van der Waals surface area contributed by atoms with E-state index in [-0.39, 0.29) is 24.4 Å². The van der Waals surface area contributed by atoms with Gasteiger partial charge >= 0.3 is 6.18 Å². The fourth-order valence-corrected chi connectivity index (χ4v) is 3.80. The Morgan fingerprint density at radius 2 is 1.87 bits per heavy atom. The van der Waals surface area contributed by atoms with Crippen LogP contribution in [-0.4, -0.2) is 17.4 Å². The zero-order valence-corrected chi connectivity index (χ0v) is 17.1. The molecule has 2 aromatic carbocycles. The molecule has 3 rings (SSSR count). The molecule has 0 aromatic heterocycles. The van der Waals surface area contributed by atoms with Gasteiger partial charge in [-0.1, -0.05) is 29.8 Å². The summed E-state index contributed by atoms with van der Waals surface area (Å²) in [5, 5.41) is 5.47. The van der Waals surface area contributed by atoms with Gasteiger partial charge in [-0.15, -0.1) is 0 Å². The Bertz CT molecular complexity index is 957. The van der Waals surface area contributed by atoms with Gasteiger partial charge < -0.3 is 10.6 Å². The number of rotatable bonds is 7. The SMILES string of the molecule is Cc1ccc(C[C@]2(CCC(=O)NCc3cc(C(F)(F)F)ccc3F)CCC(=O)N2)cc1. The van der Waals surface area contributed by atoms with Crippen LogP contribution in [0, 0.1) is 12.7 Å². The van der Waals surface area contributed by atoms with Gasteiger partial charge in [0.25, 0.3) is 0 Å². The maximum Gasteiger partial charge on any atom is 0.416 e. The summed E-state index contributed by atoms with van der Waals surface area (Å²) in [6, 6.07) is 10.0. The van der Waals surface area contributed by atoms with Crippen molar-refractivity contribution in [2.75, 3.05) is 0 Å². The lowest BCUT2D eigenvalue weighted by Crippen LogP contribution is -2.44. The van der Waals surface area contributed by atoms with E-state index in [0.717, 1.165) is 17.2 Å². The number of halogens is 4. The lowest BCUT2D eigenvalue weighted by molar-refractivity contribution is -0.137. The van der Waals surface area contributed by atoms with E-state index in [9.17, 15) is 27.2 Å². The molecule has 0 bridgehead atoms. The van der Waals surface area contributed by atoms with Gasteiger partial charge in [-0.2, -0.15) is 13.2 Å². The summed E-state index contributed by atoms with van der Waals surface area (Å²) in [4.78, 5) is 24.2. The normalized spacial score (nSPS) is 18.7. The predicted molar refractivity (Wildman–Crippen MR) is 107 cm³/mol. The molecule has 0 radical (unpaired) electrons. The first-order valence-electron chi connectivity index (χ1n) is 10.1. The summed E-state index contributed by atoms with van der Waals surface area (Å²) in [5.41, 5.74) is 0.412. The summed E-state index contributed by atoms with van der Waals surface area (Å²) in [6.07, 6.45) is -2.60. The minimum atomic E-state index is -4.59. The molecule has 0 aliphatic carbocycles. The molecule has 31 heavy (non-hydrogen) atoms. The van der Waals surface area contributed by atoms with Crippen LogP contribution in [0.3, 0.4) is 0 Å². The van der Waals surface area contributed by atoms with E-state index in [2.05, 4.69) is 10.6 Å². The van der Waals surface area contributed by atoms with Crippen LogP contribution in [0.1, 0.15) is 47.9 Å². The van der Waals surface area contributed by atoms with Crippen LogP contribution in [0.15, 0.2) is 42.5 Å². The van der Waals surface area contributed by atoms with Crippen molar-refractivity contribution < 1.29 is 27.2 Å². The molecule has 1 aliphatic heterocycles. The van der Waals surface area contributed by atoms with Crippen molar-refractivity contribution in [2.45, 2.75) is 57.3 Å². The maximum atomic E-state index is 13.8. The van der Waals surface area contributed by atoms with Crippen LogP contribution < -0.4 is 10.6 Å². The third kappa shape index (κ3) is 6.06. The first kappa shape index (κ1) is 22.8. The number of carbonyl (C=O) groups excluding carboxylic acids is 2. The number of amides is 2. The molecule has 1 fully saturated rings. The Hall–Kier alpha value is -2.90. The van der Waals surface area contributed by atoms with Crippen LogP contribution in [0.5, 0.6) is 0 Å². The molecule has 166 valence electrons. The minimum Gasteiger partial charge on any atom is -0.352 e. The van der Waals surface area contributed by atoms with E-state index in [1.54, 1.807) is 0 Å². The number of nitrogens with one attached hydrogen (secondary N) is 2. The Balaban J connectivity index is 1.60. The van der Waals surface area contributed by atoms with Gasteiger partial charge in [-0.3, -0.25) is 9.59 Å². The third-order valence-electron chi connectivity index (χ3n) is 5.58. The van der Waals surface area contributed by atoms with Crippen molar-refractivity contribution in [3.8, 4) is 0 Å². The topological polar surface area (TPSA) is 58.2 Å². The molecular formula is C23H24F4N2O2.